The van der Waals surface area contributed by atoms with Crippen molar-refractivity contribution in [3.63, 3.8) is 0 Å². The molecule has 4 aromatic rings. The van der Waals surface area contributed by atoms with E-state index in [2.05, 4.69) is 42.5 Å². The number of aromatic nitrogens is 5. The number of hydrogen-bond donors (Lipinski definition) is 1. The van der Waals surface area contributed by atoms with E-state index in [0.29, 0.717) is 30.6 Å². The Balaban J connectivity index is 1.47. The third-order valence-corrected chi connectivity index (χ3v) is 8.46. The Hall–Kier alpha value is -3.88. The van der Waals surface area contributed by atoms with Crippen molar-refractivity contribution in [3.8, 4) is 11.3 Å². The molecule has 2 aliphatic heterocycles. The Morgan fingerprint density at radius 2 is 2.00 bits per heavy atom. The van der Waals surface area contributed by atoms with Crippen LogP contribution < -0.4 is 4.57 Å². The van der Waals surface area contributed by atoms with Crippen molar-refractivity contribution in [1.29, 1.82) is 0 Å². The Morgan fingerprint density at radius 3 is 2.66 bits per heavy atom. The molecule has 1 N–H and O–H groups in total. The fourth-order valence-electron chi connectivity index (χ4n) is 6.49. The van der Waals surface area contributed by atoms with Crippen LogP contribution in [0.25, 0.3) is 16.9 Å². The van der Waals surface area contributed by atoms with Gasteiger partial charge in [0.15, 0.2) is 17.6 Å². The zero-order chi connectivity index (χ0) is 26.9. The summed E-state index contributed by atoms with van der Waals surface area (Å²) in [5.41, 5.74) is 4.83. The summed E-state index contributed by atoms with van der Waals surface area (Å²) in [4.78, 5) is 29.2. The van der Waals surface area contributed by atoms with Crippen LogP contribution in [0.5, 0.6) is 0 Å². The second kappa shape index (κ2) is 8.58. The van der Waals surface area contributed by atoms with Gasteiger partial charge in [-0.25, -0.2) is 4.39 Å². The lowest BCUT2D eigenvalue weighted by Crippen LogP contribution is -2.59. The Morgan fingerprint density at radius 1 is 1.26 bits per heavy atom. The van der Waals surface area contributed by atoms with E-state index in [9.17, 15) is 14.0 Å². The van der Waals surface area contributed by atoms with Gasteiger partial charge in [0.25, 0.3) is 0 Å². The molecule has 1 fully saturated rings. The van der Waals surface area contributed by atoms with Gasteiger partial charge >= 0.3 is 11.6 Å². The van der Waals surface area contributed by atoms with Gasteiger partial charge in [0, 0.05) is 35.7 Å². The molecule has 5 heterocycles. The molecule has 0 bridgehead atoms. The lowest BCUT2D eigenvalue weighted by molar-refractivity contribution is -0.750. The molecule has 8 nitrogen and oxygen atoms in total. The molecule has 1 saturated heterocycles. The summed E-state index contributed by atoms with van der Waals surface area (Å²) in [6, 6.07) is 8.35. The van der Waals surface area contributed by atoms with Crippen molar-refractivity contribution in [3.05, 3.63) is 71.1 Å². The number of aryl methyl sites for hydroxylation is 1. The molecule has 38 heavy (non-hydrogen) atoms. The number of aromatic amines is 1. The Labute approximate surface area is 220 Å². The minimum atomic E-state index is -0.635. The number of benzene rings is 1. The number of nitrogens with zero attached hydrogens (tertiary/aromatic N) is 5. The first-order chi connectivity index (χ1) is 18.1. The molecule has 3 unspecified atom stereocenters. The molecule has 0 radical (unpaired) electrons. The molecule has 2 aliphatic rings. The summed E-state index contributed by atoms with van der Waals surface area (Å²) in [7, 11) is 0. The number of nitrogens with one attached hydrogen (secondary N) is 1. The van der Waals surface area contributed by atoms with Gasteiger partial charge in [0.05, 0.1) is 11.8 Å². The van der Waals surface area contributed by atoms with Gasteiger partial charge in [0.1, 0.15) is 11.5 Å². The summed E-state index contributed by atoms with van der Waals surface area (Å²) in [6.07, 6.45) is 4.67. The number of fused-ring (bicyclic) bond motifs is 5. The molecular weight excluding hydrogens is 483 g/mol. The predicted molar refractivity (Wildman–Crippen MR) is 139 cm³/mol. The smallest absolute Gasteiger partial charge is 0.294 e. The third kappa shape index (κ3) is 3.51. The molecule has 0 saturated carbocycles. The monoisotopic (exact) mass is 515 g/mol. The summed E-state index contributed by atoms with van der Waals surface area (Å²) < 4.78 is 17.5. The number of ketones is 1. The summed E-state index contributed by atoms with van der Waals surface area (Å²) in [5, 5.41) is 11.8. The highest BCUT2D eigenvalue weighted by Crippen LogP contribution is 2.41. The first-order valence-corrected chi connectivity index (χ1v) is 13.2. The van der Waals surface area contributed by atoms with Crippen molar-refractivity contribution < 1.29 is 18.5 Å². The molecule has 3 aromatic heterocycles. The van der Waals surface area contributed by atoms with Crippen LogP contribution in [0.4, 0.5) is 4.39 Å². The average molecular weight is 516 g/mol. The number of Topliss-reactive ketones (excluding diaryl/α,β-unsaturated/α-hetero) is 1. The number of rotatable bonds is 4. The molecule has 0 spiro atoms. The second-order valence-electron chi connectivity index (χ2n) is 11.3. The van der Waals surface area contributed by atoms with Crippen molar-refractivity contribution in [2.75, 3.05) is 6.54 Å². The standard InChI is InChI=1S/C29H31FN6O2/c1-16(2)22-12-24(19-6-8-20(30)9-7-19)33-35-15-25-28(38)34-11-10-21(26(37)23-14-31-32-18(23)4)17(3)13-29(34,5)36(25)27(22)35/h6-9,12,14-17,21H,10-11,13H2,1-5H3/p+1. The number of carbonyl (C=O) groups excluding carboxylic acids is 2. The van der Waals surface area contributed by atoms with Crippen molar-refractivity contribution in [1.82, 2.24) is 24.7 Å². The maximum absolute atomic E-state index is 13.8. The van der Waals surface area contributed by atoms with Gasteiger partial charge < -0.3 is 0 Å². The summed E-state index contributed by atoms with van der Waals surface area (Å²) >= 11 is 0. The fourth-order valence-corrected chi connectivity index (χ4v) is 6.49. The highest BCUT2D eigenvalue weighted by molar-refractivity contribution is 5.99. The topological polar surface area (TPSA) is 87.2 Å². The molecule has 6 rings (SSSR count). The van der Waals surface area contributed by atoms with Crippen molar-refractivity contribution in [2.45, 2.75) is 59.0 Å². The number of halogens is 1. The number of imidazole rings is 1. The van der Waals surface area contributed by atoms with Gasteiger partial charge in [-0.1, -0.05) is 30.4 Å². The van der Waals surface area contributed by atoms with E-state index in [0.717, 1.165) is 28.2 Å². The largest absolute Gasteiger partial charge is 0.313 e. The minimum Gasteiger partial charge on any atom is -0.294 e. The van der Waals surface area contributed by atoms with Crippen LogP contribution >= 0.6 is 0 Å². The molecule has 3 atom stereocenters. The second-order valence-corrected chi connectivity index (χ2v) is 11.3. The van der Waals surface area contributed by atoms with Crippen molar-refractivity contribution in [2.24, 2.45) is 11.8 Å². The zero-order valence-corrected chi connectivity index (χ0v) is 22.3. The van der Waals surface area contributed by atoms with Gasteiger partial charge in [-0.05, 0) is 62.4 Å². The van der Waals surface area contributed by atoms with Crippen LogP contribution in [0.2, 0.25) is 0 Å². The van der Waals surface area contributed by atoms with Crippen LogP contribution in [-0.4, -0.2) is 42.9 Å². The van der Waals surface area contributed by atoms with Crippen LogP contribution in [0.3, 0.4) is 0 Å². The molecule has 1 aromatic carbocycles. The lowest BCUT2D eigenvalue weighted by Gasteiger charge is -2.32. The van der Waals surface area contributed by atoms with E-state index in [-0.39, 0.29) is 35.3 Å². The van der Waals surface area contributed by atoms with Crippen LogP contribution in [0, 0.1) is 24.6 Å². The average Bonchev–Trinajstić information content (AvgIpc) is 3.50. The quantitative estimate of drug-likeness (QED) is 0.317. The summed E-state index contributed by atoms with van der Waals surface area (Å²) in [6.45, 7) is 10.8. The number of carbonyl (C=O) groups is 2. The zero-order valence-electron chi connectivity index (χ0n) is 22.3. The van der Waals surface area contributed by atoms with E-state index in [4.69, 9.17) is 5.10 Å². The van der Waals surface area contributed by atoms with Crippen LogP contribution in [0.15, 0.2) is 42.7 Å². The van der Waals surface area contributed by atoms with Crippen LogP contribution in [0.1, 0.15) is 78.6 Å². The third-order valence-electron chi connectivity index (χ3n) is 8.46. The SMILES string of the molecule is Cc1[nH]ncc1C(=O)C1CCN2C(=O)c3cn4nc(-c5ccc(F)cc5)cc(C(C)C)c4[n+]3C2(C)CC1C. The van der Waals surface area contributed by atoms with E-state index in [1.54, 1.807) is 22.8 Å². The number of amides is 1. The van der Waals surface area contributed by atoms with Crippen LogP contribution in [-0.2, 0) is 5.66 Å². The number of hydrogen-bond acceptors (Lipinski definition) is 4. The number of H-pyrrole nitrogens is 1. The highest BCUT2D eigenvalue weighted by atomic mass is 19.1. The Bertz CT molecular complexity index is 1590. The predicted octanol–water partition coefficient (Wildman–Crippen LogP) is 4.64. The maximum atomic E-state index is 13.8. The van der Waals surface area contributed by atoms with E-state index in [1.807, 2.05) is 24.1 Å². The highest BCUT2D eigenvalue weighted by Gasteiger charge is 2.56. The van der Waals surface area contributed by atoms with Gasteiger partial charge in [0.2, 0.25) is 5.69 Å². The van der Waals surface area contributed by atoms with Gasteiger partial charge in [-0.3, -0.25) is 19.6 Å². The first kappa shape index (κ1) is 24.5. The molecule has 1 amide bonds. The molecule has 196 valence electrons. The maximum Gasteiger partial charge on any atom is 0.313 e. The molecule has 9 heteroatoms. The van der Waals surface area contributed by atoms with E-state index < -0.39 is 5.66 Å². The lowest BCUT2D eigenvalue weighted by atomic mass is 9.81. The van der Waals surface area contributed by atoms with Gasteiger partial charge in [-0.2, -0.15) is 9.67 Å². The summed E-state index contributed by atoms with van der Waals surface area (Å²) in [5.74, 6) is -0.262. The van der Waals surface area contributed by atoms with E-state index >= 15 is 0 Å². The van der Waals surface area contributed by atoms with Gasteiger partial charge in [-0.15, -0.1) is 0 Å². The van der Waals surface area contributed by atoms with Crippen molar-refractivity contribution >= 4 is 17.3 Å². The molecule has 0 aliphatic carbocycles. The molecular formula is C29H32FN6O2+. The minimum absolute atomic E-state index is 0.0435. The van der Waals surface area contributed by atoms with E-state index in [1.165, 1.54) is 12.1 Å². The first-order valence-electron chi connectivity index (χ1n) is 13.2. The Kier molecular flexibility index (Phi) is 5.52. The fraction of sp³-hybridized carbons (Fsp3) is 0.414. The normalized spacial score (nSPS) is 23.1.